The highest BCUT2D eigenvalue weighted by Crippen LogP contribution is 2.25. The number of rotatable bonds is 4. The predicted molar refractivity (Wildman–Crippen MR) is 72.2 cm³/mol. The van der Waals surface area contributed by atoms with Gasteiger partial charge in [0.1, 0.15) is 11.6 Å². The van der Waals surface area contributed by atoms with Crippen molar-refractivity contribution in [1.82, 2.24) is 9.97 Å². The van der Waals surface area contributed by atoms with Gasteiger partial charge in [-0.05, 0) is 24.6 Å². The van der Waals surface area contributed by atoms with Gasteiger partial charge in [0.15, 0.2) is 11.6 Å². The molecular weight excluding hydrogens is 245 g/mol. The molecule has 1 N–H and O–H groups in total. The summed E-state index contributed by atoms with van der Waals surface area (Å²) in [6.45, 7) is 3.83. The predicted octanol–water partition coefficient (Wildman–Crippen LogP) is 3.32. The number of aromatic nitrogens is 2. The van der Waals surface area contributed by atoms with Crippen LogP contribution in [-0.2, 0) is 6.42 Å². The summed E-state index contributed by atoms with van der Waals surface area (Å²) in [5.41, 5.74) is 0.926. The second-order valence-corrected chi connectivity index (χ2v) is 4.15. The standard InChI is InChI=1S/C14H16FN3O/c1-4-12-17-13(16-3)8-14(18-12)19-11-7-9(2)5-6-10(11)15/h5-8H,4H2,1-3H3,(H,16,17,18). The minimum atomic E-state index is -0.409. The van der Waals surface area contributed by atoms with Crippen molar-refractivity contribution >= 4 is 5.82 Å². The second kappa shape index (κ2) is 5.65. The third-order valence-electron chi connectivity index (χ3n) is 2.62. The average Bonchev–Trinajstić information content (AvgIpc) is 2.42. The molecule has 0 amide bonds. The van der Waals surface area contributed by atoms with Gasteiger partial charge in [-0.1, -0.05) is 13.0 Å². The van der Waals surface area contributed by atoms with E-state index in [2.05, 4.69) is 15.3 Å². The van der Waals surface area contributed by atoms with E-state index in [9.17, 15) is 4.39 Å². The van der Waals surface area contributed by atoms with Crippen LogP contribution in [0.25, 0.3) is 0 Å². The SMILES string of the molecule is CCc1nc(NC)cc(Oc2cc(C)ccc2F)n1. The first-order chi connectivity index (χ1) is 9.12. The first-order valence-electron chi connectivity index (χ1n) is 6.12. The first kappa shape index (κ1) is 13.3. The number of benzene rings is 1. The topological polar surface area (TPSA) is 47.0 Å². The van der Waals surface area contributed by atoms with Gasteiger partial charge in [-0.2, -0.15) is 4.98 Å². The van der Waals surface area contributed by atoms with Gasteiger partial charge in [-0.25, -0.2) is 9.37 Å². The highest BCUT2D eigenvalue weighted by atomic mass is 19.1. The molecule has 0 unspecified atom stereocenters. The Morgan fingerprint density at radius 3 is 2.74 bits per heavy atom. The third-order valence-corrected chi connectivity index (χ3v) is 2.62. The molecule has 5 heteroatoms. The van der Waals surface area contributed by atoms with E-state index in [1.54, 1.807) is 25.2 Å². The zero-order chi connectivity index (χ0) is 13.8. The summed E-state index contributed by atoms with van der Waals surface area (Å²) in [6.07, 6.45) is 0.683. The summed E-state index contributed by atoms with van der Waals surface area (Å²) >= 11 is 0. The second-order valence-electron chi connectivity index (χ2n) is 4.15. The van der Waals surface area contributed by atoms with E-state index in [1.807, 2.05) is 13.8 Å². The molecule has 0 bridgehead atoms. The van der Waals surface area contributed by atoms with E-state index in [0.717, 1.165) is 5.56 Å². The first-order valence-corrected chi connectivity index (χ1v) is 6.12. The molecule has 0 radical (unpaired) electrons. The molecule has 19 heavy (non-hydrogen) atoms. The molecule has 1 aromatic heterocycles. The Labute approximate surface area is 111 Å². The van der Waals surface area contributed by atoms with Crippen LogP contribution < -0.4 is 10.1 Å². The largest absolute Gasteiger partial charge is 0.436 e. The Balaban J connectivity index is 2.34. The zero-order valence-corrected chi connectivity index (χ0v) is 11.2. The highest BCUT2D eigenvalue weighted by molar-refractivity contribution is 5.40. The molecule has 100 valence electrons. The summed E-state index contributed by atoms with van der Waals surface area (Å²) in [5, 5.41) is 2.93. The molecule has 2 rings (SSSR count). The van der Waals surface area contributed by atoms with Crippen molar-refractivity contribution in [2.24, 2.45) is 0 Å². The van der Waals surface area contributed by atoms with Crippen LogP contribution in [0.5, 0.6) is 11.6 Å². The number of nitrogens with one attached hydrogen (secondary N) is 1. The summed E-state index contributed by atoms with van der Waals surface area (Å²) in [4.78, 5) is 8.48. The Hall–Kier alpha value is -2.17. The molecule has 0 spiro atoms. The van der Waals surface area contributed by atoms with Crippen molar-refractivity contribution < 1.29 is 9.13 Å². The van der Waals surface area contributed by atoms with Gasteiger partial charge in [0.25, 0.3) is 0 Å². The van der Waals surface area contributed by atoms with Crippen molar-refractivity contribution in [3.8, 4) is 11.6 Å². The van der Waals surface area contributed by atoms with Gasteiger partial charge in [0, 0.05) is 19.5 Å². The number of hydrogen-bond donors (Lipinski definition) is 1. The van der Waals surface area contributed by atoms with E-state index < -0.39 is 5.82 Å². The lowest BCUT2D eigenvalue weighted by atomic mass is 10.2. The number of anilines is 1. The van der Waals surface area contributed by atoms with Crippen LogP contribution >= 0.6 is 0 Å². The van der Waals surface area contributed by atoms with Crippen molar-refractivity contribution in [2.45, 2.75) is 20.3 Å². The van der Waals surface area contributed by atoms with Crippen molar-refractivity contribution in [2.75, 3.05) is 12.4 Å². The Bertz CT molecular complexity index is 565. The summed E-state index contributed by atoms with van der Waals surface area (Å²) in [6, 6.07) is 6.35. The van der Waals surface area contributed by atoms with Gasteiger partial charge in [-0.3, -0.25) is 0 Å². The lowest BCUT2D eigenvalue weighted by molar-refractivity contribution is 0.424. The maximum absolute atomic E-state index is 13.6. The van der Waals surface area contributed by atoms with E-state index in [4.69, 9.17) is 4.74 Å². The quantitative estimate of drug-likeness (QED) is 0.917. The summed E-state index contributed by atoms with van der Waals surface area (Å²) < 4.78 is 19.1. The number of ether oxygens (including phenoxy) is 1. The highest BCUT2D eigenvalue weighted by Gasteiger charge is 2.08. The minimum Gasteiger partial charge on any atom is -0.436 e. The lowest BCUT2D eigenvalue weighted by Crippen LogP contribution is -2.01. The monoisotopic (exact) mass is 261 g/mol. The lowest BCUT2D eigenvalue weighted by Gasteiger charge is -2.09. The average molecular weight is 261 g/mol. The van der Waals surface area contributed by atoms with Crippen molar-refractivity contribution in [3.05, 3.63) is 41.5 Å². The Morgan fingerprint density at radius 2 is 2.05 bits per heavy atom. The van der Waals surface area contributed by atoms with Crippen LogP contribution in [0.15, 0.2) is 24.3 Å². The van der Waals surface area contributed by atoms with E-state index in [0.29, 0.717) is 23.9 Å². The summed E-state index contributed by atoms with van der Waals surface area (Å²) in [7, 11) is 1.76. The molecule has 0 saturated heterocycles. The van der Waals surface area contributed by atoms with Crippen LogP contribution in [0.3, 0.4) is 0 Å². The maximum Gasteiger partial charge on any atom is 0.224 e. The third kappa shape index (κ3) is 3.19. The van der Waals surface area contributed by atoms with Crippen LogP contribution in [0.1, 0.15) is 18.3 Å². The van der Waals surface area contributed by atoms with Gasteiger partial charge >= 0.3 is 0 Å². The molecule has 0 aliphatic rings. The van der Waals surface area contributed by atoms with Gasteiger partial charge in [0.2, 0.25) is 5.88 Å². The number of halogens is 1. The van der Waals surface area contributed by atoms with Gasteiger partial charge in [-0.15, -0.1) is 0 Å². The maximum atomic E-state index is 13.6. The normalized spacial score (nSPS) is 10.3. The fraction of sp³-hybridized carbons (Fsp3) is 0.286. The Kier molecular flexibility index (Phi) is 3.94. The van der Waals surface area contributed by atoms with E-state index in [1.165, 1.54) is 6.07 Å². The molecule has 1 heterocycles. The number of hydrogen-bond acceptors (Lipinski definition) is 4. The smallest absolute Gasteiger partial charge is 0.224 e. The molecule has 0 aliphatic carbocycles. The zero-order valence-electron chi connectivity index (χ0n) is 11.2. The fourth-order valence-electron chi connectivity index (χ4n) is 1.61. The van der Waals surface area contributed by atoms with Crippen LogP contribution in [0.2, 0.25) is 0 Å². The van der Waals surface area contributed by atoms with Crippen molar-refractivity contribution in [3.63, 3.8) is 0 Å². The van der Waals surface area contributed by atoms with Crippen molar-refractivity contribution in [1.29, 1.82) is 0 Å². The fourth-order valence-corrected chi connectivity index (χ4v) is 1.61. The minimum absolute atomic E-state index is 0.169. The Morgan fingerprint density at radius 1 is 1.26 bits per heavy atom. The van der Waals surface area contributed by atoms with Crippen LogP contribution in [0, 0.1) is 12.7 Å². The van der Waals surface area contributed by atoms with E-state index in [-0.39, 0.29) is 5.75 Å². The molecule has 1 aromatic carbocycles. The molecular formula is C14H16FN3O. The van der Waals surface area contributed by atoms with Gasteiger partial charge in [0.05, 0.1) is 0 Å². The molecule has 0 saturated carbocycles. The summed E-state index contributed by atoms with van der Waals surface area (Å²) in [5.74, 6) is 1.39. The van der Waals surface area contributed by atoms with Crippen LogP contribution in [-0.4, -0.2) is 17.0 Å². The molecule has 4 nitrogen and oxygen atoms in total. The molecule has 0 atom stereocenters. The molecule has 0 fully saturated rings. The van der Waals surface area contributed by atoms with Gasteiger partial charge < -0.3 is 10.1 Å². The molecule has 2 aromatic rings. The molecule has 0 aliphatic heterocycles. The number of nitrogens with zero attached hydrogens (tertiary/aromatic N) is 2. The van der Waals surface area contributed by atoms with E-state index >= 15 is 0 Å². The number of aryl methyl sites for hydroxylation is 2. The van der Waals surface area contributed by atoms with Crippen LogP contribution in [0.4, 0.5) is 10.2 Å².